The molecule has 2 heterocycles. The molecule has 2 N–H and O–H groups in total. The highest BCUT2D eigenvalue weighted by Gasteiger charge is 2.19. The van der Waals surface area contributed by atoms with E-state index in [9.17, 15) is 0 Å². The van der Waals surface area contributed by atoms with Gasteiger partial charge < -0.3 is 10.6 Å². The highest BCUT2D eigenvalue weighted by Crippen LogP contribution is 2.20. The molecule has 0 aliphatic carbocycles. The van der Waals surface area contributed by atoms with E-state index in [-0.39, 0.29) is 0 Å². The minimum atomic E-state index is 0.586. The van der Waals surface area contributed by atoms with E-state index in [2.05, 4.69) is 39.6 Å². The van der Waals surface area contributed by atoms with Gasteiger partial charge in [-0.2, -0.15) is 5.10 Å². The first-order chi connectivity index (χ1) is 10.1. The number of hydrogen-bond acceptors (Lipinski definition) is 4. The van der Waals surface area contributed by atoms with Crippen molar-refractivity contribution < 1.29 is 0 Å². The number of para-hydroxylation sites is 1. The first-order valence-electron chi connectivity index (χ1n) is 7.79. The van der Waals surface area contributed by atoms with Gasteiger partial charge in [-0.15, -0.1) is 0 Å². The second kappa shape index (κ2) is 6.03. The molecule has 1 fully saturated rings. The molecule has 114 valence electrons. The molecule has 0 amide bonds. The molecule has 1 atom stereocenters. The first-order valence-corrected chi connectivity index (χ1v) is 7.79. The summed E-state index contributed by atoms with van der Waals surface area (Å²) in [6, 6.07) is 8.78. The number of hydrogen-bond donors (Lipinski definition) is 1. The Labute approximate surface area is 126 Å². The highest BCUT2D eigenvalue weighted by atomic mass is 15.3. The number of nitrogens with zero attached hydrogens (tertiary/aromatic N) is 4. The van der Waals surface area contributed by atoms with E-state index in [1.54, 1.807) is 0 Å². The Morgan fingerprint density at radius 3 is 2.67 bits per heavy atom. The number of benzene rings is 1. The molecule has 2 aromatic rings. The largest absolute Gasteiger partial charge is 0.382 e. The number of fused-ring (bicyclic) bond motifs is 1. The number of likely N-dealkylation sites (N-methyl/N-ethyl adjacent to an activating group) is 1. The van der Waals surface area contributed by atoms with Crippen molar-refractivity contribution in [2.75, 3.05) is 39.0 Å². The van der Waals surface area contributed by atoms with Crippen molar-refractivity contribution in [3.8, 4) is 0 Å². The molecule has 0 bridgehead atoms. The van der Waals surface area contributed by atoms with E-state index < -0.39 is 0 Å². The van der Waals surface area contributed by atoms with Gasteiger partial charge in [-0.1, -0.05) is 12.1 Å². The molecular weight excluding hydrogens is 262 g/mol. The summed E-state index contributed by atoms with van der Waals surface area (Å²) in [7, 11) is 2.20. The molecule has 1 saturated heterocycles. The number of rotatable bonds is 4. The molecule has 5 nitrogen and oxygen atoms in total. The van der Waals surface area contributed by atoms with E-state index in [4.69, 9.17) is 5.73 Å². The molecule has 5 heteroatoms. The molecule has 0 saturated carbocycles. The van der Waals surface area contributed by atoms with Gasteiger partial charge in [-0.25, -0.2) is 0 Å². The summed E-state index contributed by atoms with van der Waals surface area (Å²) in [5, 5.41) is 5.55. The van der Waals surface area contributed by atoms with E-state index in [1.165, 1.54) is 26.2 Å². The topological polar surface area (TPSA) is 50.3 Å². The normalized spacial score (nSPS) is 19.1. The Morgan fingerprint density at radius 2 is 1.90 bits per heavy atom. The zero-order valence-electron chi connectivity index (χ0n) is 13.0. The van der Waals surface area contributed by atoms with Gasteiger partial charge in [-0.3, -0.25) is 9.58 Å². The lowest BCUT2D eigenvalue weighted by molar-refractivity contribution is 0.112. The maximum atomic E-state index is 5.99. The van der Waals surface area contributed by atoms with Crippen LogP contribution in [0.5, 0.6) is 0 Å². The molecule has 1 aromatic heterocycles. The lowest BCUT2D eigenvalue weighted by atomic mass is 10.1. The fraction of sp³-hybridized carbons (Fsp3) is 0.562. The average Bonchev–Trinajstić information content (AvgIpc) is 2.83. The van der Waals surface area contributed by atoms with Crippen molar-refractivity contribution in [2.24, 2.45) is 0 Å². The molecule has 3 rings (SSSR count). The van der Waals surface area contributed by atoms with Gasteiger partial charge >= 0.3 is 0 Å². The zero-order chi connectivity index (χ0) is 14.8. The van der Waals surface area contributed by atoms with Crippen molar-refractivity contribution in [3.05, 3.63) is 24.3 Å². The van der Waals surface area contributed by atoms with E-state index >= 15 is 0 Å². The number of nitrogen functional groups attached to an aromatic ring is 1. The Bertz CT molecular complexity index is 598. The fourth-order valence-corrected chi connectivity index (χ4v) is 3.08. The lowest BCUT2D eigenvalue weighted by Crippen LogP contribution is -2.48. The van der Waals surface area contributed by atoms with Crippen molar-refractivity contribution in [1.82, 2.24) is 19.6 Å². The number of aryl methyl sites for hydroxylation is 1. The molecule has 1 unspecified atom stereocenters. The minimum absolute atomic E-state index is 0.586. The molecule has 0 radical (unpaired) electrons. The summed E-state index contributed by atoms with van der Waals surface area (Å²) in [6.45, 7) is 7.91. The van der Waals surface area contributed by atoms with Gasteiger partial charge in [0.25, 0.3) is 0 Å². The second-order valence-corrected chi connectivity index (χ2v) is 6.10. The molecule has 1 aliphatic heterocycles. The monoisotopic (exact) mass is 287 g/mol. The Kier molecular flexibility index (Phi) is 4.12. The molecular formula is C16H25N5. The Balaban J connectivity index is 1.64. The van der Waals surface area contributed by atoms with Gasteiger partial charge in [0, 0.05) is 44.2 Å². The third-order valence-electron chi connectivity index (χ3n) is 4.61. The summed E-state index contributed by atoms with van der Waals surface area (Å²) in [5.74, 6) is 0.637. The van der Waals surface area contributed by atoms with Gasteiger partial charge in [0.2, 0.25) is 0 Å². The number of piperazine rings is 1. The third kappa shape index (κ3) is 3.04. The summed E-state index contributed by atoms with van der Waals surface area (Å²) in [4.78, 5) is 4.97. The maximum absolute atomic E-state index is 5.99. The molecule has 1 aromatic carbocycles. The van der Waals surface area contributed by atoms with Crippen LogP contribution >= 0.6 is 0 Å². The Hall–Kier alpha value is -1.59. The van der Waals surface area contributed by atoms with Crippen molar-refractivity contribution in [2.45, 2.75) is 25.9 Å². The fourth-order valence-electron chi connectivity index (χ4n) is 3.08. The van der Waals surface area contributed by atoms with Gasteiger partial charge in [0.1, 0.15) is 0 Å². The van der Waals surface area contributed by atoms with Gasteiger partial charge in [0.05, 0.1) is 5.52 Å². The van der Waals surface area contributed by atoms with Crippen LogP contribution in [0.4, 0.5) is 5.82 Å². The third-order valence-corrected chi connectivity index (χ3v) is 4.61. The smallest absolute Gasteiger partial charge is 0.153 e. The van der Waals surface area contributed by atoms with E-state index in [0.29, 0.717) is 11.9 Å². The van der Waals surface area contributed by atoms with Crippen LogP contribution in [0, 0.1) is 0 Å². The molecule has 1 aliphatic rings. The lowest BCUT2D eigenvalue weighted by Gasteiger charge is -2.36. The summed E-state index contributed by atoms with van der Waals surface area (Å²) < 4.78 is 2.05. The standard InChI is InChI=1S/C16H25N5/c1-13(20-11-9-19(2)10-12-20)7-8-21-15-6-4-3-5-14(15)16(17)18-21/h3-6,13H,7-12H2,1-2H3,(H2,17,18). The van der Waals surface area contributed by atoms with Crippen LogP contribution in [0.2, 0.25) is 0 Å². The number of aromatic nitrogens is 2. The number of anilines is 1. The molecule has 0 spiro atoms. The minimum Gasteiger partial charge on any atom is -0.382 e. The average molecular weight is 287 g/mol. The Morgan fingerprint density at radius 1 is 1.19 bits per heavy atom. The summed E-state index contributed by atoms with van der Waals surface area (Å²) in [5.41, 5.74) is 7.13. The SMILES string of the molecule is CC(CCn1nc(N)c2ccccc21)N1CCN(C)CC1. The predicted octanol–water partition coefficient (Wildman–Crippen LogP) is 1.64. The van der Waals surface area contributed by atoms with Crippen LogP contribution in [0.15, 0.2) is 24.3 Å². The highest BCUT2D eigenvalue weighted by molar-refractivity contribution is 5.88. The summed E-state index contributed by atoms with van der Waals surface area (Å²) in [6.07, 6.45) is 1.11. The van der Waals surface area contributed by atoms with Gasteiger partial charge in [-0.05, 0) is 32.5 Å². The summed E-state index contributed by atoms with van der Waals surface area (Å²) >= 11 is 0. The maximum Gasteiger partial charge on any atom is 0.153 e. The van der Waals surface area contributed by atoms with E-state index in [0.717, 1.165) is 23.9 Å². The number of nitrogens with two attached hydrogens (primary N) is 1. The van der Waals surface area contributed by atoms with Gasteiger partial charge in [0.15, 0.2) is 5.82 Å². The predicted molar refractivity (Wildman–Crippen MR) is 87.3 cm³/mol. The first kappa shape index (κ1) is 14.4. The zero-order valence-corrected chi connectivity index (χ0v) is 13.0. The molecule has 21 heavy (non-hydrogen) atoms. The van der Waals surface area contributed by atoms with Crippen LogP contribution < -0.4 is 5.73 Å². The van der Waals surface area contributed by atoms with Crippen LogP contribution in [-0.2, 0) is 6.54 Å². The van der Waals surface area contributed by atoms with Crippen LogP contribution in [-0.4, -0.2) is 58.8 Å². The van der Waals surface area contributed by atoms with Crippen molar-refractivity contribution in [1.29, 1.82) is 0 Å². The van der Waals surface area contributed by atoms with Crippen LogP contribution in [0.1, 0.15) is 13.3 Å². The van der Waals surface area contributed by atoms with Crippen LogP contribution in [0.3, 0.4) is 0 Å². The quantitative estimate of drug-likeness (QED) is 0.929. The second-order valence-electron chi connectivity index (χ2n) is 6.10. The van der Waals surface area contributed by atoms with Crippen LogP contribution in [0.25, 0.3) is 10.9 Å². The van der Waals surface area contributed by atoms with E-state index in [1.807, 2.05) is 18.2 Å². The van der Waals surface area contributed by atoms with Crippen molar-refractivity contribution >= 4 is 16.7 Å². The van der Waals surface area contributed by atoms with Crippen molar-refractivity contribution in [3.63, 3.8) is 0 Å².